The highest BCUT2D eigenvalue weighted by molar-refractivity contribution is 5.39. The topological polar surface area (TPSA) is 74.9 Å². The lowest BCUT2D eigenvalue weighted by atomic mass is 10.0. The average molecular weight is 271 g/mol. The highest BCUT2D eigenvalue weighted by atomic mass is 19.4. The van der Waals surface area contributed by atoms with Crippen molar-refractivity contribution in [3.8, 4) is 0 Å². The van der Waals surface area contributed by atoms with Crippen molar-refractivity contribution in [1.29, 1.82) is 0 Å². The Kier molecular flexibility index (Phi) is 3.48. The maximum Gasteiger partial charge on any atom is 0.416 e. The van der Waals surface area contributed by atoms with Crippen molar-refractivity contribution in [3.63, 3.8) is 0 Å². The number of H-pyrrole nitrogens is 1. The highest BCUT2D eigenvalue weighted by Crippen LogP contribution is 2.30. The molecule has 0 saturated carbocycles. The van der Waals surface area contributed by atoms with E-state index in [1.165, 1.54) is 18.3 Å². The number of aliphatic hydroxyl groups excluding tert-OH is 1. The first kappa shape index (κ1) is 13.4. The first-order chi connectivity index (χ1) is 8.88. The van der Waals surface area contributed by atoms with Crippen LogP contribution in [0.25, 0.3) is 0 Å². The lowest BCUT2D eigenvalue weighted by molar-refractivity contribution is -0.137. The number of anilines is 1. The van der Waals surface area contributed by atoms with Crippen molar-refractivity contribution in [3.05, 3.63) is 47.2 Å². The second-order valence-electron chi connectivity index (χ2n) is 4.15. The smallest absolute Gasteiger partial charge is 0.388 e. The monoisotopic (exact) mass is 271 g/mol. The van der Waals surface area contributed by atoms with Gasteiger partial charge in [0.1, 0.15) is 5.82 Å². The number of hydrogen-bond donors (Lipinski definition) is 3. The SMILES string of the molecule is Nc1[nH]ncc1C(O)Cc1ccc(C(F)(F)F)cc1. The molecule has 4 nitrogen and oxygen atoms in total. The Labute approximate surface area is 107 Å². The van der Waals surface area contributed by atoms with Crippen LogP contribution in [0.2, 0.25) is 0 Å². The fourth-order valence-corrected chi connectivity index (χ4v) is 1.73. The number of rotatable bonds is 3. The van der Waals surface area contributed by atoms with Gasteiger partial charge in [-0.3, -0.25) is 5.10 Å². The maximum absolute atomic E-state index is 12.4. The predicted molar refractivity (Wildman–Crippen MR) is 63.1 cm³/mol. The molecule has 4 N–H and O–H groups in total. The molecule has 0 aliphatic rings. The lowest BCUT2D eigenvalue weighted by Gasteiger charge is -2.11. The van der Waals surface area contributed by atoms with Crippen LogP contribution < -0.4 is 5.73 Å². The van der Waals surface area contributed by atoms with E-state index in [1.807, 2.05) is 0 Å². The zero-order chi connectivity index (χ0) is 14.0. The van der Waals surface area contributed by atoms with E-state index in [9.17, 15) is 18.3 Å². The maximum atomic E-state index is 12.4. The summed E-state index contributed by atoms with van der Waals surface area (Å²) >= 11 is 0. The summed E-state index contributed by atoms with van der Waals surface area (Å²) in [6, 6.07) is 4.65. The van der Waals surface area contributed by atoms with Crippen molar-refractivity contribution in [2.24, 2.45) is 0 Å². The Morgan fingerprint density at radius 1 is 1.26 bits per heavy atom. The van der Waals surface area contributed by atoms with Gasteiger partial charge in [-0.05, 0) is 17.7 Å². The minimum atomic E-state index is -4.36. The number of nitrogen functional groups attached to an aromatic ring is 1. The van der Waals surface area contributed by atoms with Gasteiger partial charge in [0.05, 0.1) is 17.9 Å². The van der Waals surface area contributed by atoms with E-state index in [1.54, 1.807) is 0 Å². The largest absolute Gasteiger partial charge is 0.416 e. The fourth-order valence-electron chi connectivity index (χ4n) is 1.73. The molecule has 0 bridgehead atoms. The molecule has 0 aliphatic carbocycles. The van der Waals surface area contributed by atoms with Crippen molar-refractivity contribution >= 4 is 5.82 Å². The van der Waals surface area contributed by atoms with Gasteiger partial charge in [-0.25, -0.2) is 0 Å². The molecule has 0 fully saturated rings. The number of nitrogens with two attached hydrogens (primary N) is 1. The Hall–Kier alpha value is -2.02. The summed E-state index contributed by atoms with van der Waals surface area (Å²) in [5, 5.41) is 16.1. The van der Waals surface area contributed by atoms with Gasteiger partial charge < -0.3 is 10.8 Å². The molecule has 1 aromatic carbocycles. The van der Waals surface area contributed by atoms with Crippen LogP contribution in [0.4, 0.5) is 19.0 Å². The number of nitrogens with zero attached hydrogens (tertiary/aromatic N) is 1. The number of hydrogen-bond acceptors (Lipinski definition) is 3. The lowest BCUT2D eigenvalue weighted by Crippen LogP contribution is -2.06. The molecule has 1 atom stereocenters. The van der Waals surface area contributed by atoms with Gasteiger partial charge in [-0.1, -0.05) is 12.1 Å². The Morgan fingerprint density at radius 2 is 1.89 bits per heavy atom. The minimum absolute atomic E-state index is 0.169. The van der Waals surface area contributed by atoms with E-state index in [0.717, 1.165) is 12.1 Å². The zero-order valence-corrected chi connectivity index (χ0v) is 9.78. The molecule has 0 saturated heterocycles. The summed E-state index contributed by atoms with van der Waals surface area (Å²) in [5.74, 6) is 0.249. The van der Waals surface area contributed by atoms with Gasteiger partial charge in [-0.15, -0.1) is 0 Å². The molecule has 2 aromatic rings. The van der Waals surface area contributed by atoms with Crippen molar-refractivity contribution in [2.45, 2.75) is 18.7 Å². The van der Waals surface area contributed by atoms with E-state index in [-0.39, 0.29) is 12.2 Å². The molecule has 7 heteroatoms. The van der Waals surface area contributed by atoms with Crippen molar-refractivity contribution in [2.75, 3.05) is 5.73 Å². The van der Waals surface area contributed by atoms with Gasteiger partial charge >= 0.3 is 6.18 Å². The summed E-state index contributed by atoms with van der Waals surface area (Å²) in [4.78, 5) is 0. The van der Waals surface area contributed by atoms with Crippen LogP contribution in [0.5, 0.6) is 0 Å². The van der Waals surface area contributed by atoms with E-state index in [4.69, 9.17) is 5.73 Å². The van der Waals surface area contributed by atoms with E-state index < -0.39 is 17.8 Å². The van der Waals surface area contributed by atoms with Crippen LogP contribution in [0.15, 0.2) is 30.5 Å². The molecule has 0 amide bonds. The van der Waals surface area contributed by atoms with E-state index >= 15 is 0 Å². The van der Waals surface area contributed by atoms with Gasteiger partial charge in [0.15, 0.2) is 0 Å². The molecule has 0 spiro atoms. The van der Waals surface area contributed by atoms with Gasteiger partial charge in [0, 0.05) is 12.0 Å². The summed E-state index contributed by atoms with van der Waals surface area (Å²) in [6.07, 6.45) is -3.70. The molecule has 2 rings (SSSR count). The summed E-state index contributed by atoms with van der Waals surface area (Å²) in [7, 11) is 0. The third kappa shape index (κ3) is 3.05. The summed E-state index contributed by atoms with van der Waals surface area (Å²) in [6.45, 7) is 0. The second kappa shape index (κ2) is 4.93. The van der Waals surface area contributed by atoms with Crippen LogP contribution in [0.3, 0.4) is 0 Å². The zero-order valence-electron chi connectivity index (χ0n) is 9.78. The Balaban J connectivity index is 2.10. The van der Waals surface area contributed by atoms with Gasteiger partial charge in [0.2, 0.25) is 0 Å². The number of aromatic nitrogens is 2. The summed E-state index contributed by atoms with van der Waals surface area (Å²) in [5.41, 5.74) is 5.85. The third-order valence-electron chi connectivity index (χ3n) is 2.77. The standard InChI is InChI=1S/C12H12F3N3O/c13-12(14,15)8-3-1-7(2-4-8)5-10(19)9-6-17-18-11(9)16/h1-4,6,10,19H,5H2,(H3,16,17,18). The molecule has 0 aliphatic heterocycles. The first-order valence-electron chi connectivity index (χ1n) is 5.51. The van der Waals surface area contributed by atoms with Crippen molar-refractivity contribution in [1.82, 2.24) is 10.2 Å². The van der Waals surface area contributed by atoms with Crippen LogP contribution in [-0.4, -0.2) is 15.3 Å². The second-order valence-corrected chi connectivity index (χ2v) is 4.15. The molecule has 19 heavy (non-hydrogen) atoms. The third-order valence-corrected chi connectivity index (χ3v) is 2.77. The quantitative estimate of drug-likeness (QED) is 0.801. The molecular formula is C12H12F3N3O. The molecule has 102 valence electrons. The number of aliphatic hydroxyl groups is 1. The van der Waals surface area contributed by atoms with Crippen LogP contribution in [0, 0.1) is 0 Å². The Morgan fingerprint density at radius 3 is 2.37 bits per heavy atom. The normalized spacial score (nSPS) is 13.5. The van der Waals surface area contributed by atoms with Crippen molar-refractivity contribution < 1.29 is 18.3 Å². The molecule has 1 aromatic heterocycles. The van der Waals surface area contributed by atoms with Gasteiger partial charge in [-0.2, -0.15) is 18.3 Å². The summed E-state index contributed by atoms with van der Waals surface area (Å²) < 4.78 is 37.1. The molecule has 1 unspecified atom stereocenters. The first-order valence-corrected chi connectivity index (χ1v) is 5.51. The average Bonchev–Trinajstić information content (AvgIpc) is 2.75. The predicted octanol–water partition coefficient (Wildman–Crippen LogP) is 2.29. The van der Waals surface area contributed by atoms with Crippen LogP contribution in [-0.2, 0) is 12.6 Å². The number of halogens is 3. The van der Waals surface area contributed by atoms with Crippen LogP contribution >= 0.6 is 0 Å². The van der Waals surface area contributed by atoms with E-state index in [0.29, 0.717) is 11.1 Å². The Bertz CT molecular complexity index is 548. The minimum Gasteiger partial charge on any atom is -0.388 e. The van der Waals surface area contributed by atoms with Crippen LogP contribution in [0.1, 0.15) is 22.8 Å². The number of benzene rings is 1. The fraction of sp³-hybridized carbons (Fsp3) is 0.250. The highest BCUT2D eigenvalue weighted by Gasteiger charge is 2.30. The number of aromatic amines is 1. The molecule has 0 radical (unpaired) electrons. The van der Waals surface area contributed by atoms with Gasteiger partial charge in [0.25, 0.3) is 0 Å². The van der Waals surface area contributed by atoms with E-state index in [2.05, 4.69) is 10.2 Å². The molecule has 1 heterocycles. The number of alkyl halides is 3. The number of nitrogens with one attached hydrogen (secondary N) is 1. The molecular weight excluding hydrogens is 259 g/mol.